The number of rotatable bonds is 3. The van der Waals surface area contributed by atoms with Crippen LogP contribution in [-0.4, -0.2) is 67.9 Å². The van der Waals surface area contributed by atoms with Gasteiger partial charge in [0.05, 0.1) is 11.6 Å². The Bertz CT molecular complexity index is 1140. The van der Waals surface area contributed by atoms with Gasteiger partial charge in [-0.25, -0.2) is 14.8 Å². The molecule has 2 saturated heterocycles. The number of carboxylic acid groups (broad SMARTS) is 1. The number of amides is 2. The molecular formula is C20H23N7O3. The van der Waals surface area contributed by atoms with Gasteiger partial charge in [0.25, 0.3) is 5.91 Å². The number of carbonyl (C=O) groups is 2. The van der Waals surface area contributed by atoms with E-state index in [1.165, 1.54) is 4.90 Å². The van der Waals surface area contributed by atoms with E-state index < -0.39 is 12.0 Å². The van der Waals surface area contributed by atoms with E-state index in [9.17, 15) is 14.7 Å². The second-order valence-electron chi connectivity index (χ2n) is 7.92. The average Bonchev–Trinajstić information content (AvgIpc) is 3.42. The predicted molar refractivity (Wildman–Crippen MR) is 111 cm³/mol. The summed E-state index contributed by atoms with van der Waals surface area (Å²) in [4.78, 5) is 36.3. The molecule has 0 radical (unpaired) electrons. The fourth-order valence-electron chi connectivity index (χ4n) is 4.53. The molecule has 0 bridgehead atoms. The van der Waals surface area contributed by atoms with Crippen molar-refractivity contribution >= 4 is 39.8 Å². The topological polar surface area (TPSA) is 130 Å². The zero-order chi connectivity index (χ0) is 20.8. The predicted octanol–water partition coefficient (Wildman–Crippen LogP) is 1.99. The first kappa shape index (κ1) is 18.6. The highest BCUT2D eigenvalue weighted by Crippen LogP contribution is 2.33. The maximum absolute atomic E-state index is 12.1. The standard InChI is InChI=1S/C20H23N7O3/c21-18(28)16-14-4-3-12-11-22-19(25-7-1-2-8-25)23-15(12)17(14)27(24-16)13-5-9-26(10-6-13)20(29)30/h3-4,11,13H,1-2,5-10H2,(H2,21,28)(H,29,30). The van der Waals surface area contributed by atoms with Gasteiger partial charge in [-0.15, -0.1) is 0 Å². The summed E-state index contributed by atoms with van der Waals surface area (Å²) in [6.45, 7) is 2.71. The molecule has 2 fully saturated rings. The van der Waals surface area contributed by atoms with Crippen LogP contribution in [0.5, 0.6) is 0 Å². The maximum Gasteiger partial charge on any atom is 0.407 e. The van der Waals surface area contributed by atoms with Crippen LogP contribution in [0.4, 0.5) is 10.7 Å². The lowest BCUT2D eigenvalue weighted by atomic mass is 10.0. The summed E-state index contributed by atoms with van der Waals surface area (Å²) in [6, 6.07) is 3.69. The van der Waals surface area contributed by atoms with Crippen LogP contribution in [0.15, 0.2) is 18.3 Å². The number of nitrogens with two attached hydrogens (primary N) is 1. The van der Waals surface area contributed by atoms with E-state index in [1.807, 2.05) is 23.0 Å². The van der Waals surface area contributed by atoms with Crippen LogP contribution in [0.1, 0.15) is 42.2 Å². The number of fused-ring (bicyclic) bond motifs is 3. The fraction of sp³-hybridized carbons (Fsp3) is 0.450. The molecule has 2 aliphatic rings. The monoisotopic (exact) mass is 409 g/mol. The minimum Gasteiger partial charge on any atom is -0.465 e. The number of hydrogen-bond acceptors (Lipinski definition) is 6. The second-order valence-corrected chi connectivity index (χ2v) is 7.92. The first-order chi connectivity index (χ1) is 14.5. The van der Waals surface area contributed by atoms with Gasteiger partial charge in [-0.3, -0.25) is 9.48 Å². The summed E-state index contributed by atoms with van der Waals surface area (Å²) >= 11 is 0. The van der Waals surface area contributed by atoms with Crippen molar-refractivity contribution in [3.8, 4) is 0 Å². The number of nitrogens with zero attached hydrogens (tertiary/aromatic N) is 6. The summed E-state index contributed by atoms with van der Waals surface area (Å²) in [5.41, 5.74) is 7.34. The number of carbonyl (C=O) groups excluding carboxylic acids is 1. The number of piperidine rings is 1. The normalized spacial score (nSPS) is 17.9. The van der Waals surface area contributed by atoms with Gasteiger partial charge in [0.15, 0.2) is 5.69 Å². The molecule has 3 N–H and O–H groups in total. The summed E-state index contributed by atoms with van der Waals surface area (Å²) < 4.78 is 1.83. The molecule has 0 unspecified atom stereocenters. The van der Waals surface area contributed by atoms with Gasteiger partial charge in [0, 0.05) is 43.1 Å². The Labute approximate surface area is 172 Å². The highest BCUT2D eigenvalue weighted by atomic mass is 16.4. The molecular weight excluding hydrogens is 386 g/mol. The van der Waals surface area contributed by atoms with Crippen molar-refractivity contribution in [2.24, 2.45) is 5.73 Å². The molecule has 156 valence electrons. The van der Waals surface area contributed by atoms with Crippen molar-refractivity contribution in [1.82, 2.24) is 24.6 Å². The first-order valence-corrected chi connectivity index (χ1v) is 10.2. The van der Waals surface area contributed by atoms with E-state index in [2.05, 4.69) is 15.0 Å². The Morgan fingerprint density at radius 3 is 2.50 bits per heavy atom. The van der Waals surface area contributed by atoms with E-state index in [0.717, 1.165) is 42.4 Å². The molecule has 1 aromatic carbocycles. The third kappa shape index (κ3) is 2.99. The van der Waals surface area contributed by atoms with Crippen molar-refractivity contribution in [1.29, 1.82) is 0 Å². The van der Waals surface area contributed by atoms with Crippen LogP contribution in [0.25, 0.3) is 21.8 Å². The number of hydrogen-bond donors (Lipinski definition) is 2. The summed E-state index contributed by atoms with van der Waals surface area (Å²) in [5, 5.41) is 15.3. The van der Waals surface area contributed by atoms with Crippen LogP contribution in [0.3, 0.4) is 0 Å². The highest BCUT2D eigenvalue weighted by molar-refractivity contribution is 6.11. The van der Waals surface area contributed by atoms with E-state index >= 15 is 0 Å². The van der Waals surface area contributed by atoms with Crippen molar-refractivity contribution in [2.45, 2.75) is 31.7 Å². The molecule has 0 spiro atoms. The van der Waals surface area contributed by atoms with Crippen molar-refractivity contribution in [3.05, 3.63) is 24.0 Å². The molecule has 2 aliphatic heterocycles. The Balaban J connectivity index is 1.66. The number of primary amides is 1. The minimum absolute atomic E-state index is 0.0352. The lowest BCUT2D eigenvalue weighted by Gasteiger charge is -2.30. The molecule has 5 rings (SSSR count). The third-order valence-corrected chi connectivity index (χ3v) is 6.11. The van der Waals surface area contributed by atoms with Crippen LogP contribution < -0.4 is 10.6 Å². The molecule has 2 amide bonds. The van der Waals surface area contributed by atoms with Gasteiger partial charge in [-0.1, -0.05) is 6.07 Å². The van der Waals surface area contributed by atoms with Crippen LogP contribution in [0, 0.1) is 0 Å². The molecule has 0 aliphatic carbocycles. The Morgan fingerprint density at radius 2 is 1.83 bits per heavy atom. The quantitative estimate of drug-likeness (QED) is 0.676. The van der Waals surface area contributed by atoms with Gasteiger partial charge in [-0.05, 0) is 31.7 Å². The van der Waals surface area contributed by atoms with Crippen LogP contribution in [0.2, 0.25) is 0 Å². The van der Waals surface area contributed by atoms with E-state index in [1.54, 1.807) is 0 Å². The van der Waals surface area contributed by atoms with Gasteiger partial charge < -0.3 is 20.6 Å². The first-order valence-electron chi connectivity index (χ1n) is 10.2. The van der Waals surface area contributed by atoms with E-state index in [0.29, 0.717) is 37.3 Å². The molecule has 0 atom stereocenters. The molecule has 2 aromatic heterocycles. The van der Waals surface area contributed by atoms with Gasteiger partial charge >= 0.3 is 6.09 Å². The maximum atomic E-state index is 12.1. The molecule has 10 heteroatoms. The number of likely N-dealkylation sites (tertiary alicyclic amines) is 1. The SMILES string of the molecule is NC(=O)c1nn(C2CCN(C(=O)O)CC2)c2c1ccc1cnc(N3CCCC3)nc12. The van der Waals surface area contributed by atoms with Crippen LogP contribution in [-0.2, 0) is 0 Å². The largest absolute Gasteiger partial charge is 0.465 e. The minimum atomic E-state index is -0.912. The van der Waals surface area contributed by atoms with Crippen molar-refractivity contribution in [3.63, 3.8) is 0 Å². The summed E-state index contributed by atoms with van der Waals surface area (Å²) in [5.74, 6) is 0.0939. The molecule has 30 heavy (non-hydrogen) atoms. The molecule has 0 saturated carbocycles. The third-order valence-electron chi connectivity index (χ3n) is 6.11. The average molecular weight is 409 g/mol. The second kappa shape index (κ2) is 7.12. The van der Waals surface area contributed by atoms with E-state index in [-0.39, 0.29) is 11.7 Å². The van der Waals surface area contributed by atoms with E-state index in [4.69, 9.17) is 10.7 Å². The van der Waals surface area contributed by atoms with Gasteiger partial charge in [-0.2, -0.15) is 5.10 Å². The molecule has 4 heterocycles. The van der Waals surface area contributed by atoms with Crippen molar-refractivity contribution in [2.75, 3.05) is 31.1 Å². The smallest absolute Gasteiger partial charge is 0.407 e. The zero-order valence-corrected chi connectivity index (χ0v) is 16.5. The Morgan fingerprint density at radius 1 is 1.10 bits per heavy atom. The lowest BCUT2D eigenvalue weighted by Crippen LogP contribution is -2.38. The lowest BCUT2D eigenvalue weighted by molar-refractivity contribution is 0.0995. The highest BCUT2D eigenvalue weighted by Gasteiger charge is 2.28. The Kier molecular flexibility index (Phi) is 4.41. The molecule has 10 nitrogen and oxygen atoms in total. The number of anilines is 1. The number of benzene rings is 1. The van der Waals surface area contributed by atoms with Crippen molar-refractivity contribution < 1.29 is 14.7 Å². The zero-order valence-electron chi connectivity index (χ0n) is 16.5. The fourth-order valence-corrected chi connectivity index (χ4v) is 4.53. The molecule has 3 aromatic rings. The van der Waals surface area contributed by atoms with Crippen LogP contribution >= 0.6 is 0 Å². The summed E-state index contributed by atoms with van der Waals surface area (Å²) in [6.07, 6.45) is 4.37. The summed E-state index contributed by atoms with van der Waals surface area (Å²) in [7, 11) is 0. The Hall–Kier alpha value is -3.43. The van der Waals surface area contributed by atoms with Gasteiger partial charge in [0.2, 0.25) is 5.95 Å². The van der Waals surface area contributed by atoms with Gasteiger partial charge in [0.1, 0.15) is 5.52 Å². The number of aromatic nitrogens is 4.